The lowest BCUT2D eigenvalue weighted by atomic mass is 9.82. The van der Waals surface area contributed by atoms with Gasteiger partial charge in [0.1, 0.15) is 0 Å². The lowest BCUT2D eigenvalue weighted by molar-refractivity contribution is -0.127. The predicted molar refractivity (Wildman–Crippen MR) is 62.1 cm³/mol. The Morgan fingerprint density at radius 2 is 2.00 bits per heavy atom. The molecule has 0 atom stereocenters. The first-order valence-corrected chi connectivity index (χ1v) is 5.25. The van der Waals surface area contributed by atoms with Gasteiger partial charge in [0.2, 0.25) is 5.91 Å². The van der Waals surface area contributed by atoms with Crippen LogP contribution in [0.3, 0.4) is 0 Å². The highest BCUT2D eigenvalue weighted by Gasteiger charge is 2.34. The second-order valence-corrected chi connectivity index (χ2v) is 3.97. The van der Waals surface area contributed by atoms with Crippen molar-refractivity contribution in [1.29, 1.82) is 0 Å². The number of hydrogen-bond acceptors (Lipinski definition) is 3. The number of ether oxygens (including phenoxy) is 1. The zero-order valence-electron chi connectivity index (χ0n) is 9.25. The molecule has 90 valence electrons. The number of amides is 1. The van der Waals surface area contributed by atoms with E-state index in [-0.39, 0.29) is 18.3 Å². The van der Waals surface area contributed by atoms with E-state index in [1.807, 2.05) is 0 Å². The zero-order valence-corrected chi connectivity index (χ0v) is 10.1. The molecule has 5 heteroatoms. The monoisotopic (exact) mass is 236 g/mol. The summed E-state index contributed by atoms with van der Waals surface area (Å²) in [6.45, 7) is 1.09. The average molecular weight is 237 g/mol. The van der Waals surface area contributed by atoms with E-state index >= 15 is 0 Å². The van der Waals surface area contributed by atoms with Crippen LogP contribution in [-0.4, -0.2) is 31.7 Å². The quantitative estimate of drug-likeness (QED) is 0.711. The van der Waals surface area contributed by atoms with Crippen molar-refractivity contribution < 1.29 is 9.53 Å². The van der Waals surface area contributed by atoms with Crippen molar-refractivity contribution in [1.82, 2.24) is 5.32 Å². The minimum atomic E-state index is -0.619. The summed E-state index contributed by atoms with van der Waals surface area (Å²) < 4.78 is 4.86. The Bertz CT molecular complexity index is 194. The number of methoxy groups -OCH3 is 1. The molecule has 0 spiro atoms. The maximum Gasteiger partial charge on any atom is 0.240 e. The maximum absolute atomic E-state index is 11.7. The molecule has 1 aliphatic rings. The van der Waals surface area contributed by atoms with Gasteiger partial charge in [-0.1, -0.05) is 19.3 Å². The molecule has 15 heavy (non-hydrogen) atoms. The van der Waals surface area contributed by atoms with Crippen molar-refractivity contribution in [3.8, 4) is 0 Å². The Morgan fingerprint density at radius 1 is 1.40 bits per heavy atom. The lowest BCUT2D eigenvalue weighted by Crippen LogP contribution is -2.55. The van der Waals surface area contributed by atoms with Crippen LogP contribution in [-0.2, 0) is 9.53 Å². The lowest BCUT2D eigenvalue weighted by Gasteiger charge is -2.31. The van der Waals surface area contributed by atoms with Gasteiger partial charge in [0.05, 0.1) is 12.1 Å². The number of carbonyl (C=O) groups is 1. The Labute approximate surface area is 97.3 Å². The zero-order chi connectivity index (χ0) is 10.4. The molecule has 1 aliphatic carbocycles. The van der Waals surface area contributed by atoms with Crippen molar-refractivity contribution in [2.75, 3.05) is 20.3 Å². The average Bonchev–Trinajstić information content (AvgIpc) is 2.19. The van der Waals surface area contributed by atoms with Crippen LogP contribution in [0, 0.1) is 0 Å². The molecule has 0 aromatic rings. The van der Waals surface area contributed by atoms with Crippen molar-refractivity contribution in [3.63, 3.8) is 0 Å². The molecule has 0 aromatic heterocycles. The Kier molecular flexibility index (Phi) is 6.89. The maximum atomic E-state index is 11.7. The summed E-state index contributed by atoms with van der Waals surface area (Å²) in [6.07, 6.45) is 4.95. The van der Waals surface area contributed by atoms with Gasteiger partial charge in [0, 0.05) is 13.7 Å². The molecule has 0 unspecified atom stereocenters. The minimum Gasteiger partial charge on any atom is -0.383 e. The molecular formula is C10H21ClN2O2. The van der Waals surface area contributed by atoms with Gasteiger partial charge in [0.15, 0.2) is 0 Å². The largest absolute Gasteiger partial charge is 0.383 e. The highest BCUT2D eigenvalue weighted by atomic mass is 35.5. The molecule has 0 radical (unpaired) electrons. The van der Waals surface area contributed by atoms with Crippen LogP contribution < -0.4 is 11.1 Å². The summed E-state index contributed by atoms with van der Waals surface area (Å²) in [5.74, 6) is -0.0192. The number of nitrogens with one attached hydrogen (secondary N) is 1. The van der Waals surface area contributed by atoms with Gasteiger partial charge in [-0.2, -0.15) is 0 Å². The standard InChI is InChI=1S/C10H20N2O2.ClH/c1-14-8-7-12-9(13)10(11)5-3-2-4-6-10;/h2-8,11H2,1H3,(H,12,13);1H. The van der Waals surface area contributed by atoms with Gasteiger partial charge in [-0.25, -0.2) is 0 Å². The van der Waals surface area contributed by atoms with Crippen molar-refractivity contribution in [2.45, 2.75) is 37.6 Å². The molecule has 0 aromatic carbocycles. The highest BCUT2D eigenvalue weighted by molar-refractivity contribution is 5.86. The third-order valence-corrected chi connectivity index (χ3v) is 2.79. The second-order valence-electron chi connectivity index (χ2n) is 3.97. The Hall–Kier alpha value is -0.320. The van der Waals surface area contributed by atoms with Crippen molar-refractivity contribution in [2.24, 2.45) is 5.73 Å². The van der Waals surface area contributed by atoms with Crippen LogP contribution >= 0.6 is 12.4 Å². The molecule has 1 fully saturated rings. The molecule has 0 saturated heterocycles. The molecule has 1 amide bonds. The number of halogens is 1. The van der Waals surface area contributed by atoms with E-state index in [2.05, 4.69) is 5.32 Å². The first-order chi connectivity index (χ1) is 6.69. The first-order valence-electron chi connectivity index (χ1n) is 5.25. The molecule has 0 aliphatic heterocycles. The third kappa shape index (κ3) is 4.36. The van der Waals surface area contributed by atoms with Crippen LogP contribution in [0.5, 0.6) is 0 Å². The fourth-order valence-corrected chi connectivity index (χ4v) is 1.85. The summed E-state index contributed by atoms with van der Waals surface area (Å²) in [7, 11) is 1.62. The van der Waals surface area contributed by atoms with Gasteiger partial charge in [-0.3, -0.25) is 4.79 Å². The van der Waals surface area contributed by atoms with Crippen molar-refractivity contribution >= 4 is 18.3 Å². The third-order valence-electron chi connectivity index (χ3n) is 2.79. The van der Waals surface area contributed by atoms with Gasteiger partial charge in [-0.05, 0) is 12.8 Å². The predicted octanol–water partition coefficient (Wildman–Crippen LogP) is 0.832. The van der Waals surface area contributed by atoms with E-state index in [0.29, 0.717) is 13.2 Å². The van der Waals surface area contributed by atoms with Crippen LogP contribution in [0.25, 0.3) is 0 Å². The minimum absolute atomic E-state index is 0. The first kappa shape index (κ1) is 14.7. The van der Waals surface area contributed by atoms with Crippen LogP contribution in [0.15, 0.2) is 0 Å². The summed E-state index contributed by atoms with van der Waals surface area (Å²) in [4.78, 5) is 11.7. The Balaban J connectivity index is 0.00000196. The van der Waals surface area contributed by atoms with Crippen LogP contribution in [0.4, 0.5) is 0 Å². The topological polar surface area (TPSA) is 64.3 Å². The summed E-state index contributed by atoms with van der Waals surface area (Å²) in [5, 5.41) is 2.80. The molecule has 0 heterocycles. The van der Waals surface area contributed by atoms with Gasteiger partial charge < -0.3 is 15.8 Å². The number of carbonyl (C=O) groups excluding carboxylic acids is 1. The molecule has 3 N–H and O–H groups in total. The van der Waals surface area contributed by atoms with Gasteiger partial charge in [-0.15, -0.1) is 12.4 Å². The normalized spacial score (nSPS) is 19.1. The number of hydrogen-bond donors (Lipinski definition) is 2. The van der Waals surface area contributed by atoms with Gasteiger partial charge >= 0.3 is 0 Å². The smallest absolute Gasteiger partial charge is 0.240 e. The van der Waals surface area contributed by atoms with Crippen LogP contribution in [0.1, 0.15) is 32.1 Å². The molecular weight excluding hydrogens is 216 g/mol. The molecule has 1 rings (SSSR count). The van der Waals surface area contributed by atoms with E-state index < -0.39 is 5.54 Å². The van der Waals surface area contributed by atoms with Crippen LogP contribution in [0.2, 0.25) is 0 Å². The SMILES string of the molecule is COCCNC(=O)C1(N)CCCCC1.Cl. The fraction of sp³-hybridized carbons (Fsp3) is 0.900. The Morgan fingerprint density at radius 3 is 2.53 bits per heavy atom. The van der Waals surface area contributed by atoms with E-state index in [9.17, 15) is 4.79 Å². The van der Waals surface area contributed by atoms with E-state index in [1.165, 1.54) is 6.42 Å². The second kappa shape index (κ2) is 7.04. The summed E-state index contributed by atoms with van der Waals surface area (Å²) in [5.41, 5.74) is 5.41. The fourth-order valence-electron chi connectivity index (χ4n) is 1.85. The number of rotatable bonds is 4. The van der Waals surface area contributed by atoms with E-state index in [1.54, 1.807) is 7.11 Å². The van der Waals surface area contributed by atoms with Crippen molar-refractivity contribution in [3.05, 3.63) is 0 Å². The van der Waals surface area contributed by atoms with E-state index in [4.69, 9.17) is 10.5 Å². The molecule has 4 nitrogen and oxygen atoms in total. The highest BCUT2D eigenvalue weighted by Crippen LogP contribution is 2.25. The van der Waals surface area contributed by atoms with Gasteiger partial charge in [0.25, 0.3) is 0 Å². The van der Waals surface area contributed by atoms with E-state index in [0.717, 1.165) is 25.7 Å². The molecule has 1 saturated carbocycles. The summed E-state index contributed by atoms with van der Waals surface area (Å²) in [6, 6.07) is 0. The molecule has 0 bridgehead atoms. The number of nitrogens with two attached hydrogens (primary N) is 1. The summed E-state index contributed by atoms with van der Waals surface area (Å²) >= 11 is 0.